The van der Waals surface area contributed by atoms with Gasteiger partial charge in [0.25, 0.3) is 0 Å². The summed E-state index contributed by atoms with van der Waals surface area (Å²) in [6.45, 7) is 2.64. The zero-order chi connectivity index (χ0) is 13.0. The minimum atomic E-state index is 0.560. The first-order chi connectivity index (χ1) is 8.69. The van der Waals surface area contributed by atoms with Crippen molar-refractivity contribution in [2.75, 3.05) is 0 Å². The van der Waals surface area contributed by atoms with Crippen molar-refractivity contribution in [2.45, 2.75) is 20.0 Å². The predicted octanol–water partition coefficient (Wildman–Crippen LogP) is 5.24. The lowest BCUT2D eigenvalue weighted by atomic mass is 10.1. The Morgan fingerprint density at radius 2 is 2.00 bits per heavy atom. The van der Waals surface area contributed by atoms with Gasteiger partial charge in [0.05, 0.1) is 0 Å². The molecule has 0 aliphatic carbocycles. The summed E-state index contributed by atoms with van der Waals surface area (Å²) in [6, 6.07) is 13.9. The van der Waals surface area contributed by atoms with Gasteiger partial charge >= 0.3 is 0 Å². The van der Waals surface area contributed by atoms with E-state index in [4.69, 9.17) is 16.3 Å². The van der Waals surface area contributed by atoms with E-state index in [1.165, 1.54) is 0 Å². The first kappa shape index (κ1) is 13.4. The maximum atomic E-state index is 6.07. The molecule has 0 radical (unpaired) electrons. The Morgan fingerprint density at radius 3 is 2.72 bits per heavy atom. The lowest BCUT2D eigenvalue weighted by Crippen LogP contribution is -1.96. The van der Waals surface area contributed by atoms with Crippen molar-refractivity contribution in [3.8, 4) is 5.75 Å². The van der Waals surface area contributed by atoms with Crippen molar-refractivity contribution in [3.05, 3.63) is 63.1 Å². The van der Waals surface area contributed by atoms with E-state index in [1.807, 2.05) is 36.4 Å². The van der Waals surface area contributed by atoms with Crippen LogP contribution in [-0.4, -0.2) is 0 Å². The van der Waals surface area contributed by atoms with Gasteiger partial charge in [-0.25, -0.2) is 0 Å². The first-order valence-corrected chi connectivity index (χ1v) is 7.02. The van der Waals surface area contributed by atoms with Crippen LogP contribution in [0, 0.1) is 0 Å². The third-order valence-corrected chi connectivity index (χ3v) is 3.55. The standard InChI is InChI=1S/C15H14BrClO/c1-2-12-9-14(6-7-15(12)17)18-10-11-4-3-5-13(16)8-11/h3-9H,2,10H2,1H3. The van der Waals surface area contributed by atoms with E-state index in [0.717, 1.165) is 32.8 Å². The summed E-state index contributed by atoms with van der Waals surface area (Å²) in [5.74, 6) is 0.858. The number of hydrogen-bond donors (Lipinski definition) is 0. The van der Waals surface area contributed by atoms with Gasteiger partial charge in [-0.3, -0.25) is 0 Å². The molecule has 0 aliphatic rings. The zero-order valence-corrected chi connectivity index (χ0v) is 12.5. The van der Waals surface area contributed by atoms with Crippen LogP contribution in [0.5, 0.6) is 5.75 Å². The number of rotatable bonds is 4. The second kappa shape index (κ2) is 6.26. The highest BCUT2D eigenvalue weighted by Gasteiger charge is 2.02. The third kappa shape index (κ3) is 3.50. The third-order valence-electron chi connectivity index (χ3n) is 2.69. The average molecular weight is 326 g/mol. The Kier molecular flexibility index (Phi) is 4.67. The molecule has 0 amide bonds. The second-order valence-corrected chi connectivity index (χ2v) is 5.35. The van der Waals surface area contributed by atoms with Crippen LogP contribution < -0.4 is 4.74 Å². The zero-order valence-electron chi connectivity index (χ0n) is 10.1. The van der Waals surface area contributed by atoms with Crippen molar-refractivity contribution in [3.63, 3.8) is 0 Å². The summed E-state index contributed by atoms with van der Waals surface area (Å²) < 4.78 is 6.83. The quantitative estimate of drug-likeness (QED) is 0.746. The number of benzene rings is 2. The maximum absolute atomic E-state index is 6.07. The van der Waals surface area contributed by atoms with E-state index >= 15 is 0 Å². The fourth-order valence-corrected chi connectivity index (χ4v) is 2.40. The van der Waals surface area contributed by atoms with Crippen LogP contribution in [0.4, 0.5) is 0 Å². The average Bonchev–Trinajstić information content (AvgIpc) is 2.38. The smallest absolute Gasteiger partial charge is 0.120 e. The Bertz CT molecular complexity index is 540. The van der Waals surface area contributed by atoms with Gasteiger partial charge in [0, 0.05) is 9.50 Å². The molecule has 0 saturated carbocycles. The molecule has 0 atom stereocenters. The van der Waals surface area contributed by atoms with E-state index in [1.54, 1.807) is 0 Å². The summed E-state index contributed by atoms with van der Waals surface area (Å²) in [6.07, 6.45) is 0.910. The molecule has 1 nitrogen and oxygen atoms in total. The van der Waals surface area contributed by atoms with Crippen molar-refractivity contribution in [1.82, 2.24) is 0 Å². The molecule has 0 heterocycles. The molecule has 0 unspecified atom stereocenters. The topological polar surface area (TPSA) is 9.23 Å². The molecule has 0 spiro atoms. The summed E-state index contributed by atoms with van der Waals surface area (Å²) in [4.78, 5) is 0. The van der Waals surface area contributed by atoms with Gasteiger partial charge in [-0.1, -0.05) is 46.6 Å². The Hall–Kier alpha value is -0.990. The van der Waals surface area contributed by atoms with E-state index in [2.05, 4.69) is 28.9 Å². The van der Waals surface area contributed by atoms with Gasteiger partial charge in [-0.15, -0.1) is 0 Å². The lowest BCUT2D eigenvalue weighted by Gasteiger charge is -2.09. The molecule has 2 aromatic carbocycles. The summed E-state index contributed by atoms with van der Waals surface area (Å²) in [5.41, 5.74) is 2.25. The first-order valence-electron chi connectivity index (χ1n) is 5.84. The Morgan fingerprint density at radius 1 is 1.17 bits per heavy atom. The normalized spacial score (nSPS) is 10.4. The lowest BCUT2D eigenvalue weighted by molar-refractivity contribution is 0.306. The van der Waals surface area contributed by atoms with E-state index in [-0.39, 0.29) is 0 Å². The van der Waals surface area contributed by atoms with Crippen LogP contribution in [0.25, 0.3) is 0 Å². The van der Waals surface area contributed by atoms with Gasteiger partial charge in [0.15, 0.2) is 0 Å². The van der Waals surface area contributed by atoms with Crippen molar-refractivity contribution in [2.24, 2.45) is 0 Å². The molecular weight excluding hydrogens is 312 g/mol. The molecule has 18 heavy (non-hydrogen) atoms. The second-order valence-electron chi connectivity index (χ2n) is 4.03. The van der Waals surface area contributed by atoms with Gasteiger partial charge in [-0.2, -0.15) is 0 Å². The molecule has 2 rings (SSSR count). The molecule has 94 valence electrons. The van der Waals surface area contributed by atoms with Crippen LogP contribution in [0.3, 0.4) is 0 Å². The molecule has 0 N–H and O–H groups in total. The van der Waals surface area contributed by atoms with Crippen LogP contribution in [0.1, 0.15) is 18.1 Å². The van der Waals surface area contributed by atoms with Crippen molar-refractivity contribution >= 4 is 27.5 Å². The van der Waals surface area contributed by atoms with Crippen LogP contribution >= 0.6 is 27.5 Å². The monoisotopic (exact) mass is 324 g/mol. The number of aryl methyl sites for hydroxylation is 1. The molecule has 0 fully saturated rings. The molecule has 0 saturated heterocycles. The van der Waals surface area contributed by atoms with Gasteiger partial charge < -0.3 is 4.74 Å². The molecule has 3 heteroatoms. The molecule has 0 aliphatic heterocycles. The summed E-state index contributed by atoms with van der Waals surface area (Å²) >= 11 is 9.52. The van der Waals surface area contributed by atoms with Gasteiger partial charge in [-0.05, 0) is 47.9 Å². The van der Waals surface area contributed by atoms with Crippen LogP contribution in [0.15, 0.2) is 46.9 Å². The highest BCUT2D eigenvalue weighted by atomic mass is 79.9. The minimum Gasteiger partial charge on any atom is -0.489 e. The number of ether oxygens (including phenoxy) is 1. The highest BCUT2D eigenvalue weighted by Crippen LogP contribution is 2.23. The fraction of sp³-hybridized carbons (Fsp3) is 0.200. The highest BCUT2D eigenvalue weighted by molar-refractivity contribution is 9.10. The minimum absolute atomic E-state index is 0.560. The fourth-order valence-electron chi connectivity index (χ4n) is 1.71. The largest absolute Gasteiger partial charge is 0.489 e. The van der Waals surface area contributed by atoms with Crippen LogP contribution in [-0.2, 0) is 13.0 Å². The number of hydrogen-bond acceptors (Lipinski definition) is 1. The van der Waals surface area contributed by atoms with E-state index in [0.29, 0.717) is 6.61 Å². The van der Waals surface area contributed by atoms with Crippen LogP contribution in [0.2, 0.25) is 5.02 Å². The van der Waals surface area contributed by atoms with E-state index < -0.39 is 0 Å². The summed E-state index contributed by atoms with van der Waals surface area (Å²) in [5, 5.41) is 0.798. The number of halogens is 2. The Balaban J connectivity index is 2.06. The Labute approximate surface area is 121 Å². The maximum Gasteiger partial charge on any atom is 0.120 e. The van der Waals surface area contributed by atoms with E-state index in [9.17, 15) is 0 Å². The summed E-state index contributed by atoms with van der Waals surface area (Å²) in [7, 11) is 0. The van der Waals surface area contributed by atoms with Gasteiger partial charge in [0.1, 0.15) is 12.4 Å². The van der Waals surface area contributed by atoms with Crippen molar-refractivity contribution < 1.29 is 4.74 Å². The van der Waals surface area contributed by atoms with Gasteiger partial charge in [0.2, 0.25) is 0 Å². The predicted molar refractivity (Wildman–Crippen MR) is 79.3 cm³/mol. The molecular formula is C15H14BrClO. The molecule has 0 bridgehead atoms. The molecule has 0 aromatic heterocycles. The van der Waals surface area contributed by atoms with Crippen molar-refractivity contribution in [1.29, 1.82) is 0 Å². The molecule has 2 aromatic rings. The SMILES string of the molecule is CCc1cc(OCc2cccc(Br)c2)ccc1Cl.